The van der Waals surface area contributed by atoms with Gasteiger partial charge in [-0.1, -0.05) is 17.7 Å². The Labute approximate surface area is 126 Å². The monoisotopic (exact) mass is 348 g/mol. The number of rotatable bonds is 4. The molecule has 0 saturated carbocycles. The number of halogens is 1. The average Bonchev–Trinajstić information content (AvgIpc) is 2.37. The number of nitrogens with one attached hydrogen (secondary N) is 1. The fourth-order valence-corrected chi connectivity index (χ4v) is 3.10. The Bertz CT molecular complexity index is 864. The molecule has 0 aliphatic carbocycles. The lowest BCUT2D eigenvalue weighted by atomic mass is 10.4. The number of sulfonamides is 1. The van der Waals surface area contributed by atoms with Crippen molar-refractivity contribution in [3.63, 3.8) is 0 Å². The largest absolute Gasteiger partial charge is 0.294 e. The van der Waals surface area contributed by atoms with Crippen LogP contribution in [0.1, 0.15) is 0 Å². The maximum absolute atomic E-state index is 12.1. The zero-order valence-corrected chi connectivity index (χ0v) is 12.7. The van der Waals surface area contributed by atoms with Crippen molar-refractivity contribution in [2.75, 3.05) is 4.72 Å². The fraction of sp³-hybridized carbons (Fsp3) is 0. The molecule has 0 bridgehead atoms. The Morgan fingerprint density at radius 2 is 1.52 bits per heavy atom. The van der Waals surface area contributed by atoms with Crippen molar-refractivity contribution in [3.05, 3.63) is 47.6 Å². The molecule has 7 nitrogen and oxygen atoms in total. The van der Waals surface area contributed by atoms with E-state index in [2.05, 4.69) is 9.71 Å². The Morgan fingerprint density at radius 3 is 2.05 bits per heavy atom. The molecule has 0 aliphatic heterocycles. The number of pyridine rings is 1. The molecule has 0 saturated heterocycles. The van der Waals surface area contributed by atoms with Gasteiger partial charge in [0.05, 0.1) is 9.79 Å². The normalized spacial score (nSPS) is 12.1. The van der Waals surface area contributed by atoms with E-state index in [1.54, 1.807) is 0 Å². The number of aromatic nitrogens is 1. The number of hydrogen-bond donors (Lipinski definition) is 2. The minimum Gasteiger partial charge on any atom is -0.282 e. The van der Waals surface area contributed by atoms with Gasteiger partial charge in [-0.25, -0.2) is 13.4 Å². The van der Waals surface area contributed by atoms with Crippen molar-refractivity contribution in [1.29, 1.82) is 0 Å². The second-order valence-corrected chi connectivity index (χ2v) is 7.39. The maximum Gasteiger partial charge on any atom is 0.294 e. The van der Waals surface area contributed by atoms with Crippen molar-refractivity contribution < 1.29 is 21.4 Å². The molecule has 0 fully saturated rings. The highest BCUT2D eigenvalue weighted by atomic mass is 35.5. The first-order valence-electron chi connectivity index (χ1n) is 5.41. The molecule has 0 aliphatic rings. The third kappa shape index (κ3) is 3.91. The predicted molar refractivity (Wildman–Crippen MR) is 76.3 cm³/mol. The summed E-state index contributed by atoms with van der Waals surface area (Å²) in [5, 5.41) is 0.122. The summed E-state index contributed by atoms with van der Waals surface area (Å²) in [5.41, 5.74) is 0. The smallest absolute Gasteiger partial charge is 0.282 e. The molecule has 0 amide bonds. The van der Waals surface area contributed by atoms with Crippen LogP contribution in [-0.4, -0.2) is 26.4 Å². The standard InChI is InChI=1S/C11H9ClN2O5S2/c12-10-2-1-3-11(13-10)14-20(15,16)8-4-6-9(7-5-8)21(17,18)19/h1-7H,(H,13,14)(H,17,18,19). The molecule has 2 N–H and O–H groups in total. The molecule has 1 aromatic heterocycles. The van der Waals surface area contributed by atoms with Crippen molar-refractivity contribution in [2.45, 2.75) is 9.79 Å². The summed E-state index contributed by atoms with van der Waals surface area (Å²) in [6, 6.07) is 8.49. The minimum atomic E-state index is -4.37. The third-order valence-electron chi connectivity index (χ3n) is 2.39. The van der Waals surface area contributed by atoms with Crippen LogP contribution in [-0.2, 0) is 20.1 Å². The van der Waals surface area contributed by atoms with Crippen LogP contribution >= 0.6 is 11.6 Å². The summed E-state index contributed by atoms with van der Waals surface area (Å²) in [4.78, 5) is 3.20. The van der Waals surface area contributed by atoms with Crippen LogP contribution in [0.15, 0.2) is 52.3 Å². The number of hydrogen-bond acceptors (Lipinski definition) is 5. The van der Waals surface area contributed by atoms with Gasteiger partial charge in [0.25, 0.3) is 20.1 Å². The third-order valence-corrected chi connectivity index (χ3v) is 4.83. The van der Waals surface area contributed by atoms with Gasteiger partial charge in [-0.05, 0) is 36.4 Å². The van der Waals surface area contributed by atoms with Gasteiger partial charge in [0.15, 0.2) is 0 Å². The van der Waals surface area contributed by atoms with Gasteiger partial charge >= 0.3 is 0 Å². The van der Waals surface area contributed by atoms with Gasteiger partial charge in [0.2, 0.25) is 0 Å². The highest BCUT2D eigenvalue weighted by Crippen LogP contribution is 2.18. The molecule has 112 valence electrons. The first kappa shape index (κ1) is 15.7. The van der Waals surface area contributed by atoms with Crippen molar-refractivity contribution in [3.8, 4) is 0 Å². The van der Waals surface area contributed by atoms with Gasteiger partial charge in [-0.3, -0.25) is 9.27 Å². The lowest BCUT2D eigenvalue weighted by Crippen LogP contribution is -2.14. The van der Waals surface area contributed by atoms with Gasteiger partial charge in [0.1, 0.15) is 11.0 Å². The van der Waals surface area contributed by atoms with Crippen LogP contribution in [0.5, 0.6) is 0 Å². The quantitative estimate of drug-likeness (QED) is 0.643. The summed E-state index contributed by atoms with van der Waals surface area (Å²) >= 11 is 5.65. The summed E-state index contributed by atoms with van der Waals surface area (Å²) < 4.78 is 56.9. The summed E-state index contributed by atoms with van der Waals surface area (Å²) in [5.74, 6) is 0.0290. The molecule has 0 spiro atoms. The van der Waals surface area contributed by atoms with Gasteiger partial charge in [-0.15, -0.1) is 0 Å². The molecule has 0 unspecified atom stereocenters. The SMILES string of the molecule is O=S(=O)(O)c1ccc(S(=O)(=O)Nc2cccc(Cl)n2)cc1. The molecule has 10 heteroatoms. The molecular weight excluding hydrogens is 340 g/mol. The molecule has 1 heterocycles. The minimum absolute atomic E-state index is 0.0290. The molecule has 1 aromatic carbocycles. The summed E-state index contributed by atoms with van der Waals surface area (Å²) in [6.45, 7) is 0. The van der Waals surface area contributed by atoms with E-state index in [1.807, 2.05) is 0 Å². The van der Waals surface area contributed by atoms with Crippen molar-refractivity contribution >= 4 is 37.6 Å². The van der Waals surface area contributed by atoms with E-state index in [-0.39, 0.29) is 15.9 Å². The Hall–Kier alpha value is -1.68. The molecule has 0 radical (unpaired) electrons. The van der Waals surface area contributed by atoms with Crippen molar-refractivity contribution in [2.24, 2.45) is 0 Å². The van der Waals surface area contributed by atoms with E-state index in [0.717, 1.165) is 24.3 Å². The van der Waals surface area contributed by atoms with E-state index >= 15 is 0 Å². The fourth-order valence-electron chi connectivity index (χ4n) is 1.45. The second-order valence-electron chi connectivity index (χ2n) is 3.90. The zero-order valence-electron chi connectivity index (χ0n) is 10.3. The Morgan fingerprint density at radius 1 is 0.952 bits per heavy atom. The van der Waals surface area contributed by atoms with Gasteiger partial charge in [-0.2, -0.15) is 8.42 Å². The highest BCUT2D eigenvalue weighted by Gasteiger charge is 2.17. The second kappa shape index (κ2) is 5.60. The Balaban J connectivity index is 2.32. The molecule has 2 rings (SSSR count). The average molecular weight is 349 g/mol. The zero-order chi connectivity index (χ0) is 15.7. The van der Waals surface area contributed by atoms with Crippen molar-refractivity contribution in [1.82, 2.24) is 4.98 Å². The first-order chi connectivity index (χ1) is 9.68. The van der Waals surface area contributed by atoms with E-state index in [1.165, 1.54) is 18.2 Å². The summed E-state index contributed by atoms with van der Waals surface area (Å²) in [6.07, 6.45) is 0. The van der Waals surface area contributed by atoms with E-state index < -0.39 is 25.0 Å². The number of anilines is 1. The van der Waals surface area contributed by atoms with E-state index in [0.29, 0.717) is 0 Å². The van der Waals surface area contributed by atoms with Crippen LogP contribution in [0.2, 0.25) is 5.15 Å². The van der Waals surface area contributed by atoms with Crippen LogP contribution in [0.25, 0.3) is 0 Å². The highest BCUT2D eigenvalue weighted by molar-refractivity contribution is 7.92. The van der Waals surface area contributed by atoms with Crippen LogP contribution in [0.4, 0.5) is 5.82 Å². The first-order valence-corrected chi connectivity index (χ1v) is 8.71. The molecule has 0 atom stereocenters. The lowest BCUT2D eigenvalue weighted by molar-refractivity contribution is 0.483. The molecular formula is C11H9ClN2O5S2. The predicted octanol–water partition coefficient (Wildman–Crippen LogP) is 1.78. The maximum atomic E-state index is 12.1. The van der Waals surface area contributed by atoms with E-state index in [4.69, 9.17) is 16.2 Å². The topological polar surface area (TPSA) is 113 Å². The van der Waals surface area contributed by atoms with Crippen LogP contribution in [0.3, 0.4) is 0 Å². The van der Waals surface area contributed by atoms with Crippen LogP contribution < -0.4 is 4.72 Å². The summed E-state index contributed by atoms with van der Waals surface area (Å²) in [7, 11) is -8.31. The molecule has 21 heavy (non-hydrogen) atoms. The van der Waals surface area contributed by atoms with Gasteiger partial charge in [0, 0.05) is 0 Å². The van der Waals surface area contributed by atoms with E-state index in [9.17, 15) is 16.8 Å². The van der Waals surface area contributed by atoms with Crippen LogP contribution in [0, 0.1) is 0 Å². The number of benzene rings is 1. The lowest BCUT2D eigenvalue weighted by Gasteiger charge is -2.07. The number of nitrogens with zero attached hydrogens (tertiary/aromatic N) is 1. The molecule has 2 aromatic rings. The Kier molecular flexibility index (Phi) is 4.19. The van der Waals surface area contributed by atoms with Gasteiger partial charge < -0.3 is 0 Å².